The van der Waals surface area contributed by atoms with E-state index in [0.717, 1.165) is 50.2 Å². The molecule has 2 fully saturated rings. The van der Waals surface area contributed by atoms with E-state index >= 15 is 0 Å². The number of likely N-dealkylation sites (tertiary alicyclic amines) is 1. The van der Waals surface area contributed by atoms with Crippen LogP contribution in [0.3, 0.4) is 0 Å². The summed E-state index contributed by atoms with van der Waals surface area (Å²) >= 11 is 0. The molecule has 1 aromatic rings. The Morgan fingerprint density at radius 1 is 1.35 bits per heavy atom. The second-order valence-corrected chi connectivity index (χ2v) is 6.98. The molecule has 1 N–H and O–H groups in total. The summed E-state index contributed by atoms with van der Waals surface area (Å²) in [6, 6.07) is 7.72. The fourth-order valence-corrected chi connectivity index (χ4v) is 3.63. The summed E-state index contributed by atoms with van der Waals surface area (Å²) < 4.78 is 17.0. The Labute approximate surface area is 173 Å². The number of para-hydroxylation sites is 2. The van der Waals surface area contributed by atoms with Crippen LogP contribution in [0.25, 0.3) is 0 Å². The highest BCUT2D eigenvalue weighted by molar-refractivity contribution is 14.0. The van der Waals surface area contributed by atoms with Gasteiger partial charge in [-0.25, -0.2) is 0 Å². The smallest absolute Gasteiger partial charge is 0.193 e. The van der Waals surface area contributed by atoms with Crippen LogP contribution in [-0.4, -0.2) is 64.0 Å². The van der Waals surface area contributed by atoms with Gasteiger partial charge in [-0.1, -0.05) is 12.1 Å². The lowest BCUT2D eigenvalue weighted by atomic mass is 9.87. The molecule has 2 unspecified atom stereocenters. The van der Waals surface area contributed by atoms with Gasteiger partial charge in [0.2, 0.25) is 0 Å². The molecule has 2 saturated heterocycles. The van der Waals surface area contributed by atoms with Gasteiger partial charge in [0.1, 0.15) is 6.10 Å². The van der Waals surface area contributed by atoms with Gasteiger partial charge in [0.15, 0.2) is 17.5 Å². The lowest BCUT2D eigenvalue weighted by Crippen LogP contribution is -2.44. The number of hydrogen-bond acceptors (Lipinski definition) is 4. The molecule has 2 atom stereocenters. The quantitative estimate of drug-likeness (QED) is 0.404. The summed E-state index contributed by atoms with van der Waals surface area (Å²) in [7, 11) is 3.49. The molecular formula is C19H30IN3O3. The number of guanidine groups is 1. The predicted octanol–water partition coefficient (Wildman–Crippen LogP) is 2.77. The maximum Gasteiger partial charge on any atom is 0.193 e. The van der Waals surface area contributed by atoms with Crippen molar-refractivity contribution in [2.75, 3.05) is 47.0 Å². The molecule has 6 nitrogen and oxygen atoms in total. The minimum atomic E-state index is -0.000530. The second-order valence-electron chi connectivity index (χ2n) is 6.98. The zero-order chi connectivity index (χ0) is 17.7. The van der Waals surface area contributed by atoms with Gasteiger partial charge in [-0.3, -0.25) is 4.99 Å². The van der Waals surface area contributed by atoms with Crippen molar-refractivity contribution < 1.29 is 14.2 Å². The molecule has 7 heteroatoms. The monoisotopic (exact) mass is 475 g/mol. The highest BCUT2D eigenvalue weighted by Crippen LogP contribution is 2.38. The summed E-state index contributed by atoms with van der Waals surface area (Å²) in [6.07, 6.45) is 2.34. The number of benzene rings is 1. The van der Waals surface area contributed by atoms with Crippen LogP contribution in [0.2, 0.25) is 0 Å². The van der Waals surface area contributed by atoms with Crippen molar-refractivity contribution in [2.24, 2.45) is 10.4 Å². The zero-order valence-corrected chi connectivity index (χ0v) is 18.2. The minimum absolute atomic E-state index is 0. The molecule has 0 aromatic heterocycles. The van der Waals surface area contributed by atoms with Crippen LogP contribution in [0.4, 0.5) is 0 Å². The molecule has 0 amide bonds. The van der Waals surface area contributed by atoms with Gasteiger partial charge in [-0.15, -0.1) is 24.0 Å². The van der Waals surface area contributed by atoms with E-state index in [9.17, 15) is 0 Å². The maximum absolute atomic E-state index is 6.01. The first-order chi connectivity index (χ1) is 12.2. The molecule has 1 spiro atoms. The SMILES string of the molecule is CN=C(NCC(C)Oc1ccccc1OC)N1CCC2(CCOC2)C1.I. The van der Waals surface area contributed by atoms with E-state index in [1.807, 2.05) is 38.2 Å². The molecule has 2 aliphatic heterocycles. The largest absolute Gasteiger partial charge is 0.493 e. The molecule has 0 radical (unpaired) electrons. The first-order valence-electron chi connectivity index (χ1n) is 8.99. The Morgan fingerprint density at radius 2 is 2.12 bits per heavy atom. The number of hydrogen-bond donors (Lipinski definition) is 1. The first kappa shape index (κ1) is 21.1. The fraction of sp³-hybridized carbons (Fsp3) is 0.632. The molecule has 146 valence electrons. The highest BCUT2D eigenvalue weighted by atomic mass is 127. The van der Waals surface area contributed by atoms with Crippen molar-refractivity contribution in [3.63, 3.8) is 0 Å². The Morgan fingerprint density at radius 3 is 2.77 bits per heavy atom. The van der Waals surface area contributed by atoms with Crippen LogP contribution in [-0.2, 0) is 4.74 Å². The second kappa shape index (κ2) is 9.64. The standard InChI is InChI=1S/C19H29N3O3.HI/c1-15(25-17-7-5-4-6-16(17)23-3)12-21-18(20-2)22-10-8-19(13-22)9-11-24-14-19;/h4-7,15H,8-14H2,1-3H3,(H,20,21);1H. The maximum atomic E-state index is 6.01. The molecular weight excluding hydrogens is 445 g/mol. The predicted molar refractivity (Wildman–Crippen MR) is 114 cm³/mol. The topological polar surface area (TPSA) is 55.3 Å². The Kier molecular flexibility index (Phi) is 7.82. The van der Waals surface area contributed by atoms with Crippen LogP contribution in [0, 0.1) is 5.41 Å². The van der Waals surface area contributed by atoms with Crippen LogP contribution in [0.15, 0.2) is 29.3 Å². The van der Waals surface area contributed by atoms with E-state index in [1.54, 1.807) is 7.11 Å². The lowest BCUT2D eigenvalue weighted by Gasteiger charge is -2.26. The minimum Gasteiger partial charge on any atom is -0.493 e. The van der Waals surface area contributed by atoms with E-state index < -0.39 is 0 Å². The number of ether oxygens (including phenoxy) is 3. The number of aliphatic imine (C=N–C) groups is 1. The molecule has 26 heavy (non-hydrogen) atoms. The van der Waals surface area contributed by atoms with Crippen molar-refractivity contribution in [3.05, 3.63) is 24.3 Å². The van der Waals surface area contributed by atoms with E-state index in [2.05, 4.69) is 15.2 Å². The van der Waals surface area contributed by atoms with Gasteiger partial charge in [0, 0.05) is 32.2 Å². The molecule has 0 saturated carbocycles. The highest BCUT2D eigenvalue weighted by Gasteiger charge is 2.42. The van der Waals surface area contributed by atoms with Crippen molar-refractivity contribution in [3.8, 4) is 11.5 Å². The molecule has 0 bridgehead atoms. The number of nitrogens with zero attached hydrogens (tertiary/aromatic N) is 2. The van der Waals surface area contributed by atoms with Crippen molar-refractivity contribution in [1.29, 1.82) is 0 Å². The van der Waals surface area contributed by atoms with Crippen LogP contribution in [0.5, 0.6) is 11.5 Å². The van der Waals surface area contributed by atoms with Gasteiger partial charge in [-0.2, -0.15) is 0 Å². The van der Waals surface area contributed by atoms with E-state index in [1.165, 1.54) is 6.42 Å². The van der Waals surface area contributed by atoms with E-state index in [-0.39, 0.29) is 30.1 Å². The lowest BCUT2D eigenvalue weighted by molar-refractivity contribution is 0.156. The number of nitrogens with one attached hydrogen (secondary N) is 1. The normalized spacial score (nSPS) is 23.7. The van der Waals surface area contributed by atoms with Gasteiger partial charge < -0.3 is 24.4 Å². The van der Waals surface area contributed by atoms with Crippen molar-refractivity contribution in [1.82, 2.24) is 10.2 Å². The first-order valence-corrected chi connectivity index (χ1v) is 8.99. The van der Waals surface area contributed by atoms with Crippen LogP contribution >= 0.6 is 24.0 Å². The summed E-state index contributed by atoms with van der Waals surface area (Å²) in [5.41, 5.74) is 0.330. The Bertz CT molecular complexity index is 605. The molecule has 1 aromatic carbocycles. The summed E-state index contributed by atoms with van der Waals surface area (Å²) in [5, 5.41) is 3.44. The molecule has 0 aliphatic carbocycles. The third-order valence-corrected chi connectivity index (χ3v) is 5.08. The molecule has 2 heterocycles. The van der Waals surface area contributed by atoms with Crippen LogP contribution in [0.1, 0.15) is 19.8 Å². The fourth-order valence-electron chi connectivity index (χ4n) is 3.63. The van der Waals surface area contributed by atoms with Crippen molar-refractivity contribution >= 4 is 29.9 Å². The van der Waals surface area contributed by atoms with Gasteiger partial charge >= 0.3 is 0 Å². The summed E-state index contributed by atoms with van der Waals surface area (Å²) in [6.45, 7) is 6.56. The average molecular weight is 475 g/mol. The number of halogens is 1. The molecule has 2 aliphatic rings. The third kappa shape index (κ3) is 4.94. The van der Waals surface area contributed by atoms with Crippen molar-refractivity contribution in [2.45, 2.75) is 25.9 Å². The summed E-state index contributed by atoms with van der Waals surface area (Å²) in [5.74, 6) is 2.46. The van der Waals surface area contributed by atoms with E-state index in [0.29, 0.717) is 12.0 Å². The Balaban J connectivity index is 0.00000243. The number of methoxy groups -OCH3 is 1. The Hall–Kier alpha value is -1.22. The van der Waals surface area contributed by atoms with Gasteiger partial charge in [0.25, 0.3) is 0 Å². The van der Waals surface area contributed by atoms with Crippen LogP contribution < -0.4 is 14.8 Å². The van der Waals surface area contributed by atoms with Gasteiger partial charge in [-0.05, 0) is 31.9 Å². The average Bonchev–Trinajstić information content (AvgIpc) is 3.26. The zero-order valence-electron chi connectivity index (χ0n) is 15.9. The van der Waals surface area contributed by atoms with Gasteiger partial charge in [0.05, 0.1) is 20.3 Å². The third-order valence-electron chi connectivity index (χ3n) is 5.08. The number of rotatable bonds is 5. The van der Waals surface area contributed by atoms with E-state index in [4.69, 9.17) is 14.2 Å². The molecule has 3 rings (SSSR count). The summed E-state index contributed by atoms with van der Waals surface area (Å²) in [4.78, 5) is 6.79.